The molecule has 1 aliphatic rings. The summed E-state index contributed by atoms with van der Waals surface area (Å²) in [7, 11) is 0. The maximum atomic E-state index is 5.48. The Kier molecular flexibility index (Phi) is 3.97. The van der Waals surface area contributed by atoms with Crippen LogP contribution in [0.15, 0.2) is 6.20 Å². The van der Waals surface area contributed by atoms with Crippen LogP contribution in [0.3, 0.4) is 0 Å². The molecular formula is C11H17N3S. The molecule has 0 bridgehead atoms. The summed E-state index contributed by atoms with van der Waals surface area (Å²) >= 11 is 2.01. The number of thioether (sulfide) groups is 1. The van der Waals surface area contributed by atoms with Gasteiger partial charge in [-0.1, -0.05) is 0 Å². The summed E-state index contributed by atoms with van der Waals surface area (Å²) in [5.74, 6) is 3.37. The van der Waals surface area contributed by atoms with Gasteiger partial charge in [0.15, 0.2) is 0 Å². The minimum atomic E-state index is 0.719. The number of rotatable bonds is 3. The molecular weight excluding hydrogens is 206 g/mol. The molecule has 2 heterocycles. The van der Waals surface area contributed by atoms with Crippen molar-refractivity contribution in [3.63, 3.8) is 0 Å². The van der Waals surface area contributed by atoms with Crippen molar-refractivity contribution in [2.45, 2.75) is 25.7 Å². The molecule has 15 heavy (non-hydrogen) atoms. The van der Waals surface area contributed by atoms with Gasteiger partial charge in [-0.05, 0) is 42.9 Å². The van der Waals surface area contributed by atoms with Gasteiger partial charge in [-0.2, -0.15) is 11.8 Å². The third kappa shape index (κ3) is 2.92. The fourth-order valence-corrected chi connectivity index (χ4v) is 2.65. The maximum absolute atomic E-state index is 5.48. The highest BCUT2D eigenvalue weighted by Crippen LogP contribution is 2.17. The first kappa shape index (κ1) is 10.9. The van der Waals surface area contributed by atoms with Crippen molar-refractivity contribution in [2.75, 3.05) is 18.1 Å². The Morgan fingerprint density at radius 1 is 1.33 bits per heavy atom. The van der Waals surface area contributed by atoms with E-state index >= 15 is 0 Å². The molecule has 0 aliphatic carbocycles. The van der Waals surface area contributed by atoms with Crippen LogP contribution in [-0.2, 0) is 19.3 Å². The lowest BCUT2D eigenvalue weighted by Gasteiger charge is -2.05. The third-order valence-electron chi connectivity index (χ3n) is 2.61. The van der Waals surface area contributed by atoms with Crippen molar-refractivity contribution in [3.05, 3.63) is 23.3 Å². The minimum Gasteiger partial charge on any atom is -0.330 e. The number of aryl methyl sites for hydroxylation is 3. The van der Waals surface area contributed by atoms with E-state index in [1.165, 1.54) is 22.8 Å². The van der Waals surface area contributed by atoms with Gasteiger partial charge < -0.3 is 5.73 Å². The number of hydrogen-bond acceptors (Lipinski definition) is 4. The molecule has 0 atom stereocenters. The molecule has 1 aromatic heterocycles. The first-order valence-electron chi connectivity index (χ1n) is 5.51. The van der Waals surface area contributed by atoms with Gasteiger partial charge >= 0.3 is 0 Å². The molecule has 1 aromatic rings. The van der Waals surface area contributed by atoms with E-state index in [9.17, 15) is 0 Å². The van der Waals surface area contributed by atoms with E-state index in [0.29, 0.717) is 0 Å². The Balaban J connectivity index is 2.13. The predicted molar refractivity (Wildman–Crippen MR) is 64.1 cm³/mol. The van der Waals surface area contributed by atoms with Crippen molar-refractivity contribution >= 4 is 11.8 Å². The average molecular weight is 223 g/mol. The van der Waals surface area contributed by atoms with Crippen molar-refractivity contribution in [1.29, 1.82) is 0 Å². The van der Waals surface area contributed by atoms with Gasteiger partial charge in [0.2, 0.25) is 0 Å². The molecule has 0 saturated heterocycles. The highest BCUT2D eigenvalue weighted by Gasteiger charge is 2.10. The van der Waals surface area contributed by atoms with E-state index < -0.39 is 0 Å². The van der Waals surface area contributed by atoms with Crippen LogP contribution in [0.5, 0.6) is 0 Å². The van der Waals surface area contributed by atoms with Gasteiger partial charge in [0.1, 0.15) is 5.82 Å². The molecule has 2 rings (SSSR count). The fourth-order valence-electron chi connectivity index (χ4n) is 1.74. The number of nitrogens with zero attached hydrogens (tertiary/aromatic N) is 2. The van der Waals surface area contributed by atoms with E-state index in [-0.39, 0.29) is 0 Å². The smallest absolute Gasteiger partial charge is 0.128 e. The van der Waals surface area contributed by atoms with Crippen LogP contribution in [-0.4, -0.2) is 28.0 Å². The summed E-state index contributed by atoms with van der Waals surface area (Å²) < 4.78 is 0. The standard InChI is InChI=1S/C11H17N3S/c12-5-1-2-11-13-8-9-3-6-15-7-4-10(9)14-11/h8H,1-7,12H2. The maximum Gasteiger partial charge on any atom is 0.128 e. The molecule has 82 valence electrons. The second-order valence-corrected chi connectivity index (χ2v) is 4.99. The molecule has 0 fully saturated rings. The van der Waals surface area contributed by atoms with E-state index in [0.717, 1.165) is 38.1 Å². The SMILES string of the molecule is NCCCc1ncc2c(n1)CCSCC2. The van der Waals surface area contributed by atoms with Crippen LogP contribution in [0, 0.1) is 0 Å². The first-order valence-corrected chi connectivity index (χ1v) is 6.67. The molecule has 2 N–H and O–H groups in total. The lowest BCUT2D eigenvalue weighted by molar-refractivity contribution is 0.764. The van der Waals surface area contributed by atoms with Crippen LogP contribution in [0.2, 0.25) is 0 Å². The largest absolute Gasteiger partial charge is 0.330 e. The Morgan fingerprint density at radius 3 is 3.07 bits per heavy atom. The topological polar surface area (TPSA) is 51.8 Å². The lowest BCUT2D eigenvalue weighted by atomic mass is 10.1. The van der Waals surface area contributed by atoms with Gasteiger partial charge in [0.05, 0.1) is 0 Å². The Labute approximate surface area is 94.9 Å². The summed E-state index contributed by atoms with van der Waals surface area (Å²) in [4.78, 5) is 9.03. The van der Waals surface area contributed by atoms with Crippen LogP contribution < -0.4 is 5.73 Å². The van der Waals surface area contributed by atoms with E-state index in [4.69, 9.17) is 5.73 Å². The number of hydrogen-bond donors (Lipinski definition) is 1. The fraction of sp³-hybridized carbons (Fsp3) is 0.636. The Bertz CT molecular complexity index is 328. The highest BCUT2D eigenvalue weighted by molar-refractivity contribution is 7.99. The average Bonchev–Trinajstić information content (AvgIpc) is 2.50. The van der Waals surface area contributed by atoms with E-state index in [2.05, 4.69) is 9.97 Å². The third-order valence-corrected chi connectivity index (χ3v) is 3.59. The summed E-state index contributed by atoms with van der Waals surface area (Å²) in [6, 6.07) is 0. The molecule has 0 amide bonds. The monoisotopic (exact) mass is 223 g/mol. The normalized spacial score (nSPS) is 15.8. The molecule has 0 unspecified atom stereocenters. The minimum absolute atomic E-state index is 0.719. The van der Waals surface area contributed by atoms with Crippen LogP contribution in [0.25, 0.3) is 0 Å². The van der Waals surface area contributed by atoms with Gasteiger partial charge in [-0.25, -0.2) is 9.97 Å². The Hall–Kier alpha value is -0.610. The van der Waals surface area contributed by atoms with Crippen molar-refractivity contribution in [3.8, 4) is 0 Å². The molecule has 0 spiro atoms. The number of nitrogens with two attached hydrogens (primary N) is 1. The zero-order valence-corrected chi connectivity index (χ0v) is 9.72. The quantitative estimate of drug-likeness (QED) is 0.836. The molecule has 1 aliphatic heterocycles. The molecule has 0 saturated carbocycles. The summed E-state index contributed by atoms with van der Waals surface area (Å²) in [5, 5.41) is 0. The second-order valence-electron chi connectivity index (χ2n) is 3.76. The molecule has 0 radical (unpaired) electrons. The van der Waals surface area contributed by atoms with Gasteiger partial charge in [-0.15, -0.1) is 0 Å². The van der Waals surface area contributed by atoms with E-state index in [1.807, 2.05) is 18.0 Å². The Morgan fingerprint density at radius 2 is 2.20 bits per heavy atom. The van der Waals surface area contributed by atoms with Crippen molar-refractivity contribution in [2.24, 2.45) is 5.73 Å². The lowest BCUT2D eigenvalue weighted by Crippen LogP contribution is -2.07. The molecule has 0 aromatic carbocycles. The van der Waals surface area contributed by atoms with Crippen LogP contribution in [0.1, 0.15) is 23.5 Å². The van der Waals surface area contributed by atoms with Gasteiger partial charge in [-0.3, -0.25) is 0 Å². The summed E-state index contributed by atoms with van der Waals surface area (Å²) in [5.41, 5.74) is 8.09. The summed E-state index contributed by atoms with van der Waals surface area (Å²) in [6.07, 6.45) is 6.12. The summed E-state index contributed by atoms with van der Waals surface area (Å²) in [6.45, 7) is 0.719. The van der Waals surface area contributed by atoms with Gasteiger partial charge in [0, 0.05) is 18.3 Å². The molecule has 3 nitrogen and oxygen atoms in total. The zero-order valence-electron chi connectivity index (χ0n) is 8.91. The van der Waals surface area contributed by atoms with Crippen LogP contribution >= 0.6 is 11.8 Å². The van der Waals surface area contributed by atoms with Crippen molar-refractivity contribution in [1.82, 2.24) is 9.97 Å². The number of fused-ring (bicyclic) bond motifs is 1. The second kappa shape index (κ2) is 5.47. The molecule has 4 heteroatoms. The zero-order chi connectivity index (χ0) is 10.5. The van der Waals surface area contributed by atoms with Crippen molar-refractivity contribution < 1.29 is 0 Å². The highest BCUT2D eigenvalue weighted by atomic mass is 32.2. The number of aromatic nitrogens is 2. The first-order chi connectivity index (χ1) is 7.40. The predicted octanol–water partition coefficient (Wildman–Crippen LogP) is 1.20. The van der Waals surface area contributed by atoms with Crippen LogP contribution in [0.4, 0.5) is 0 Å². The van der Waals surface area contributed by atoms with Gasteiger partial charge in [0.25, 0.3) is 0 Å². The van der Waals surface area contributed by atoms with E-state index in [1.54, 1.807) is 0 Å².